The molecule has 0 saturated carbocycles. The third kappa shape index (κ3) is 2.92. The van der Waals surface area contributed by atoms with E-state index in [4.69, 9.17) is 5.84 Å². The van der Waals surface area contributed by atoms with Gasteiger partial charge in [0.1, 0.15) is 16.6 Å². The van der Waals surface area contributed by atoms with E-state index < -0.39 is 0 Å². The molecule has 0 aromatic carbocycles. The number of hydrogen-bond donors (Lipinski definition) is 3. The van der Waals surface area contributed by atoms with Gasteiger partial charge in [0.05, 0.1) is 6.04 Å². The second-order valence-corrected chi connectivity index (χ2v) is 4.64. The Morgan fingerprint density at radius 2 is 2.06 bits per heavy atom. The van der Waals surface area contributed by atoms with Gasteiger partial charge in [-0.2, -0.15) is 0 Å². The van der Waals surface area contributed by atoms with Crippen LogP contribution in [-0.4, -0.2) is 9.97 Å². The molecule has 0 spiro atoms. The number of nitrogens with one attached hydrogen (secondary N) is 2. The minimum absolute atomic E-state index is 0.134. The maximum atomic E-state index is 5.31. The highest BCUT2D eigenvalue weighted by Crippen LogP contribution is 2.21. The standard InChI is InChI=1S/C11H15N5S/c1-7-6-17-11(13-7)8(2)14-9-4-3-5-10(15-9)16-12/h3-6,8H,12H2,1-2H3,(H2,14,15,16). The number of pyridine rings is 1. The summed E-state index contributed by atoms with van der Waals surface area (Å²) in [6, 6.07) is 5.74. The van der Waals surface area contributed by atoms with Crippen LogP contribution in [0.2, 0.25) is 0 Å². The Bertz CT molecular complexity index is 496. The van der Waals surface area contributed by atoms with E-state index in [0.29, 0.717) is 5.82 Å². The summed E-state index contributed by atoms with van der Waals surface area (Å²) in [5.41, 5.74) is 3.57. The van der Waals surface area contributed by atoms with Crippen LogP contribution in [0.5, 0.6) is 0 Å². The molecule has 2 aromatic heterocycles. The molecule has 0 amide bonds. The SMILES string of the molecule is Cc1csc(C(C)Nc2cccc(NN)n2)n1. The quantitative estimate of drug-likeness (QED) is 0.572. The number of anilines is 2. The lowest BCUT2D eigenvalue weighted by Crippen LogP contribution is -2.11. The van der Waals surface area contributed by atoms with Crippen molar-refractivity contribution in [3.05, 3.63) is 34.3 Å². The Labute approximate surface area is 104 Å². The number of hydrogen-bond acceptors (Lipinski definition) is 6. The largest absolute Gasteiger partial charge is 0.361 e. The van der Waals surface area contributed by atoms with Crippen LogP contribution < -0.4 is 16.6 Å². The Morgan fingerprint density at radius 1 is 1.29 bits per heavy atom. The molecule has 0 aliphatic rings. The van der Waals surface area contributed by atoms with E-state index >= 15 is 0 Å². The predicted molar refractivity (Wildman–Crippen MR) is 70.9 cm³/mol. The highest BCUT2D eigenvalue weighted by Gasteiger charge is 2.09. The van der Waals surface area contributed by atoms with Crippen molar-refractivity contribution >= 4 is 23.0 Å². The van der Waals surface area contributed by atoms with Crippen molar-refractivity contribution in [1.29, 1.82) is 0 Å². The molecule has 4 N–H and O–H groups in total. The van der Waals surface area contributed by atoms with Gasteiger partial charge in [-0.1, -0.05) is 6.07 Å². The number of nitrogen functional groups attached to an aromatic ring is 1. The number of aromatic nitrogens is 2. The monoisotopic (exact) mass is 249 g/mol. The van der Waals surface area contributed by atoms with Gasteiger partial charge in [0.2, 0.25) is 0 Å². The van der Waals surface area contributed by atoms with Crippen LogP contribution in [0.1, 0.15) is 23.7 Å². The van der Waals surface area contributed by atoms with Gasteiger partial charge < -0.3 is 10.7 Å². The molecule has 2 heterocycles. The molecule has 0 saturated heterocycles. The summed E-state index contributed by atoms with van der Waals surface area (Å²) in [6.07, 6.45) is 0. The minimum Gasteiger partial charge on any atom is -0.361 e. The number of nitrogens with two attached hydrogens (primary N) is 1. The minimum atomic E-state index is 0.134. The molecule has 0 aliphatic carbocycles. The smallest absolute Gasteiger partial charge is 0.142 e. The Balaban J connectivity index is 2.09. The molecule has 6 heteroatoms. The lowest BCUT2D eigenvalue weighted by atomic mass is 10.3. The van der Waals surface area contributed by atoms with E-state index in [9.17, 15) is 0 Å². The van der Waals surface area contributed by atoms with E-state index in [1.165, 1.54) is 0 Å². The number of nitrogens with zero attached hydrogens (tertiary/aromatic N) is 2. The molecular weight excluding hydrogens is 234 g/mol. The van der Waals surface area contributed by atoms with Gasteiger partial charge in [0, 0.05) is 11.1 Å². The zero-order valence-electron chi connectivity index (χ0n) is 9.77. The van der Waals surface area contributed by atoms with E-state index in [0.717, 1.165) is 16.5 Å². The second-order valence-electron chi connectivity index (χ2n) is 3.75. The molecule has 0 radical (unpaired) electrons. The fraction of sp³-hybridized carbons (Fsp3) is 0.273. The van der Waals surface area contributed by atoms with E-state index in [1.54, 1.807) is 11.3 Å². The van der Waals surface area contributed by atoms with Crippen LogP contribution in [0.15, 0.2) is 23.6 Å². The summed E-state index contributed by atoms with van der Waals surface area (Å²) in [5.74, 6) is 6.73. The molecule has 1 atom stereocenters. The average molecular weight is 249 g/mol. The third-order valence-corrected chi connectivity index (χ3v) is 3.41. The van der Waals surface area contributed by atoms with Crippen molar-refractivity contribution < 1.29 is 0 Å². The average Bonchev–Trinajstić information content (AvgIpc) is 2.76. The first-order valence-corrected chi connectivity index (χ1v) is 6.19. The molecule has 0 fully saturated rings. The third-order valence-electron chi connectivity index (χ3n) is 2.27. The first kappa shape index (κ1) is 11.8. The predicted octanol–water partition coefficient (Wildman–Crippen LogP) is 2.31. The summed E-state index contributed by atoms with van der Waals surface area (Å²) in [5, 5.41) is 6.38. The van der Waals surface area contributed by atoms with Gasteiger partial charge in [-0.25, -0.2) is 15.8 Å². The number of thiazole rings is 1. The lowest BCUT2D eigenvalue weighted by molar-refractivity contribution is 0.855. The molecule has 0 aliphatic heterocycles. The zero-order chi connectivity index (χ0) is 12.3. The van der Waals surface area contributed by atoms with Crippen LogP contribution in [0.25, 0.3) is 0 Å². The molecule has 2 rings (SSSR count). The van der Waals surface area contributed by atoms with Gasteiger partial charge in [-0.05, 0) is 26.0 Å². The van der Waals surface area contributed by atoms with E-state index in [-0.39, 0.29) is 6.04 Å². The van der Waals surface area contributed by atoms with Gasteiger partial charge in [0.25, 0.3) is 0 Å². The van der Waals surface area contributed by atoms with Crippen molar-refractivity contribution in [3.63, 3.8) is 0 Å². The van der Waals surface area contributed by atoms with E-state index in [2.05, 4.69) is 27.6 Å². The lowest BCUT2D eigenvalue weighted by Gasteiger charge is -2.12. The van der Waals surface area contributed by atoms with Crippen LogP contribution in [0.4, 0.5) is 11.6 Å². The summed E-state index contributed by atoms with van der Waals surface area (Å²) in [6.45, 7) is 4.05. The van der Waals surface area contributed by atoms with Gasteiger partial charge in [-0.3, -0.25) is 0 Å². The molecular formula is C11H15N5S. The molecule has 90 valence electrons. The van der Waals surface area contributed by atoms with Crippen LogP contribution in [-0.2, 0) is 0 Å². The van der Waals surface area contributed by atoms with Gasteiger partial charge in [-0.15, -0.1) is 11.3 Å². The van der Waals surface area contributed by atoms with Crippen molar-refractivity contribution in [2.45, 2.75) is 19.9 Å². The van der Waals surface area contributed by atoms with Crippen molar-refractivity contribution in [1.82, 2.24) is 9.97 Å². The first-order valence-electron chi connectivity index (χ1n) is 5.31. The van der Waals surface area contributed by atoms with Crippen molar-refractivity contribution in [2.75, 3.05) is 10.7 Å². The Kier molecular flexibility index (Phi) is 3.55. The van der Waals surface area contributed by atoms with Crippen LogP contribution in [0.3, 0.4) is 0 Å². The fourth-order valence-electron chi connectivity index (χ4n) is 1.45. The number of rotatable bonds is 4. The molecule has 17 heavy (non-hydrogen) atoms. The normalized spacial score (nSPS) is 12.2. The first-order chi connectivity index (χ1) is 8.19. The molecule has 1 unspecified atom stereocenters. The Morgan fingerprint density at radius 3 is 2.71 bits per heavy atom. The topological polar surface area (TPSA) is 75.9 Å². The maximum Gasteiger partial charge on any atom is 0.142 e. The highest BCUT2D eigenvalue weighted by atomic mass is 32.1. The zero-order valence-corrected chi connectivity index (χ0v) is 10.6. The maximum absolute atomic E-state index is 5.31. The molecule has 0 bridgehead atoms. The second kappa shape index (κ2) is 5.11. The number of hydrazine groups is 1. The summed E-state index contributed by atoms with van der Waals surface area (Å²) < 4.78 is 0. The van der Waals surface area contributed by atoms with Crippen LogP contribution >= 0.6 is 11.3 Å². The van der Waals surface area contributed by atoms with Gasteiger partial charge in [0.15, 0.2) is 0 Å². The fourth-order valence-corrected chi connectivity index (χ4v) is 2.25. The van der Waals surface area contributed by atoms with Crippen molar-refractivity contribution in [3.8, 4) is 0 Å². The van der Waals surface area contributed by atoms with Crippen LogP contribution in [0, 0.1) is 6.92 Å². The summed E-state index contributed by atoms with van der Waals surface area (Å²) in [4.78, 5) is 8.73. The Hall–Kier alpha value is -1.66. The molecule has 5 nitrogen and oxygen atoms in total. The molecule has 2 aromatic rings. The summed E-state index contributed by atoms with van der Waals surface area (Å²) in [7, 11) is 0. The van der Waals surface area contributed by atoms with Gasteiger partial charge >= 0.3 is 0 Å². The highest BCUT2D eigenvalue weighted by molar-refractivity contribution is 7.09. The number of aryl methyl sites for hydroxylation is 1. The van der Waals surface area contributed by atoms with E-state index in [1.807, 2.05) is 30.5 Å². The summed E-state index contributed by atoms with van der Waals surface area (Å²) >= 11 is 1.65. The van der Waals surface area contributed by atoms with Crippen molar-refractivity contribution in [2.24, 2.45) is 5.84 Å².